The lowest BCUT2D eigenvalue weighted by Crippen LogP contribution is -2.59. The lowest BCUT2D eigenvalue weighted by molar-refractivity contribution is -0.137. The molecule has 0 saturated carbocycles. The molecule has 2 atom stereocenters. The highest BCUT2D eigenvalue weighted by Gasteiger charge is 2.35. The Morgan fingerprint density at radius 3 is 2.38 bits per heavy atom. The van der Waals surface area contributed by atoms with Crippen molar-refractivity contribution in [2.75, 3.05) is 63.8 Å². The van der Waals surface area contributed by atoms with Crippen LogP contribution in [0.4, 0.5) is 10.5 Å². The summed E-state index contributed by atoms with van der Waals surface area (Å²) in [6.07, 6.45) is 12.1. The van der Waals surface area contributed by atoms with Crippen LogP contribution in [0.25, 0.3) is 17.0 Å². The van der Waals surface area contributed by atoms with Crippen molar-refractivity contribution >= 4 is 46.4 Å². The van der Waals surface area contributed by atoms with Crippen LogP contribution in [0.3, 0.4) is 0 Å². The molecule has 4 aromatic rings. The van der Waals surface area contributed by atoms with Crippen LogP contribution in [0.15, 0.2) is 83.3 Å². The molecule has 8 rings (SSSR count). The number of rotatable bonds is 11. The van der Waals surface area contributed by atoms with Gasteiger partial charge in [0.2, 0.25) is 11.8 Å². The van der Waals surface area contributed by atoms with E-state index >= 15 is 0 Å². The Kier molecular flexibility index (Phi) is 12.7. The van der Waals surface area contributed by atoms with Crippen molar-refractivity contribution in [3.8, 4) is 0 Å². The van der Waals surface area contributed by atoms with Crippen molar-refractivity contribution in [2.24, 2.45) is 10.9 Å². The third kappa shape index (κ3) is 9.44. The maximum Gasteiger partial charge on any atom is 0.318 e. The number of urea groups is 1. The lowest BCUT2D eigenvalue weighted by atomic mass is 9.89. The van der Waals surface area contributed by atoms with E-state index in [0.29, 0.717) is 69.5 Å². The number of nitrogens with one attached hydrogen (secondary N) is 3. The molecular formula is C46H56N10O4. The molecule has 314 valence electrons. The van der Waals surface area contributed by atoms with Crippen LogP contribution in [0, 0.1) is 12.8 Å². The minimum absolute atomic E-state index is 0.0746. The first-order valence-corrected chi connectivity index (χ1v) is 21.6. The molecular weight excluding hydrogens is 757 g/mol. The number of aromatic nitrogens is 3. The molecule has 14 nitrogen and oxygen atoms in total. The summed E-state index contributed by atoms with van der Waals surface area (Å²) in [7, 11) is 0. The van der Waals surface area contributed by atoms with Gasteiger partial charge in [0.15, 0.2) is 0 Å². The van der Waals surface area contributed by atoms with E-state index in [1.54, 1.807) is 23.5 Å². The number of amides is 5. The fourth-order valence-corrected chi connectivity index (χ4v) is 9.27. The van der Waals surface area contributed by atoms with Crippen LogP contribution >= 0.6 is 0 Å². The van der Waals surface area contributed by atoms with Gasteiger partial charge in [0.25, 0.3) is 5.91 Å². The zero-order valence-electron chi connectivity index (χ0n) is 34.7. The molecule has 6 heterocycles. The largest absolute Gasteiger partial charge is 0.368 e. The third-order valence-electron chi connectivity index (χ3n) is 12.6. The van der Waals surface area contributed by atoms with E-state index in [2.05, 4.69) is 47.5 Å². The zero-order valence-corrected chi connectivity index (χ0v) is 34.7. The summed E-state index contributed by atoms with van der Waals surface area (Å²) in [4.78, 5) is 73.0. The van der Waals surface area contributed by atoms with E-state index in [4.69, 9.17) is 0 Å². The Balaban J connectivity index is 0.997. The highest BCUT2D eigenvalue weighted by atomic mass is 16.2. The van der Waals surface area contributed by atoms with Gasteiger partial charge in [-0.15, -0.1) is 0 Å². The number of benzene rings is 2. The van der Waals surface area contributed by atoms with Gasteiger partial charge in [-0.1, -0.05) is 36.8 Å². The second-order valence-electron chi connectivity index (χ2n) is 16.7. The van der Waals surface area contributed by atoms with Crippen LogP contribution in [0.2, 0.25) is 0 Å². The van der Waals surface area contributed by atoms with Gasteiger partial charge in [-0.25, -0.2) is 9.79 Å². The summed E-state index contributed by atoms with van der Waals surface area (Å²) in [5.41, 5.74) is 5.43. The molecule has 5 amide bonds. The highest BCUT2D eigenvalue weighted by Crippen LogP contribution is 2.26. The number of hydrogen-bond acceptors (Lipinski definition) is 8. The number of para-hydroxylation sites is 1. The summed E-state index contributed by atoms with van der Waals surface area (Å²) in [6.45, 7) is 10.5. The quantitative estimate of drug-likeness (QED) is 0.195. The van der Waals surface area contributed by atoms with Gasteiger partial charge < -0.3 is 30.2 Å². The number of nitrogens with zero attached hydrogens (tertiary/aromatic N) is 7. The molecule has 0 aliphatic carbocycles. The molecule has 4 aliphatic heterocycles. The minimum Gasteiger partial charge on any atom is -0.368 e. The minimum atomic E-state index is -0.949. The SMILES string of the molecule is CCCN1CCC(C[C@H](NC(=O)[C@@H](Cc2cc(C)c3[nH]ncc3c2)NC(=O)N2CCC(=C3C=c4ccccc4=NC3=O)CC2)C(=O)N2CCN(c3ccncc3)CC2)CC1. The number of hydrogen-bond donors (Lipinski definition) is 3. The summed E-state index contributed by atoms with van der Waals surface area (Å²) >= 11 is 0. The average molecular weight is 813 g/mol. The number of aromatic amines is 1. The van der Waals surface area contributed by atoms with Crippen molar-refractivity contribution in [2.45, 2.75) is 70.9 Å². The molecule has 4 aliphatic rings. The van der Waals surface area contributed by atoms with Gasteiger partial charge in [0, 0.05) is 79.9 Å². The molecule has 60 heavy (non-hydrogen) atoms. The average Bonchev–Trinajstić information content (AvgIpc) is 3.76. The molecule has 0 bridgehead atoms. The van der Waals surface area contributed by atoms with Crippen LogP contribution in [0.1, 0.15) is 56.6 Å². The van der Waals surface area contributed by atoms with Gasteiger partial charge in [-0.3, -0.25) is 24.5 Å². The summed E-state index contributed by atoms with van der Waals surface area (Å²) in [6, 6.07) is 13.5. The second kappa shape index (κ2) is 18.6. The Bertz CT molecular complexity index is 2350. The predicted molar refractivity (Wildman–Crippen MR) is 230 cm³/mol. The molecule has 0 spiro atoms. The van der Waals surface area contributed by atoms with Gasteiger partial charge in [-0.2, -0.15) is 5.10 Å². The predicted octanol–water partition coefficient (Wildman–Crippen LogP) is 3.27. The van der Waals surface area contributed by atoms with Crippen LogP contribution in [-0.4, -0.2) is 125 Å². The third-order valence-corrected chi connectivity index (χ3v) is 12.6. The fourth-order valence-electron chi connectivity index (χ4n) is 9.27. The fraction of sp³-hybridized carbons (Fsp3) is 0.457. The van der Waals surface area contributed by atoms with E-state index in [1.807, 2.05) is 66.4 Å². The Morgan fingerprint density at radius 1 is 0.883 bits per heavy atom. The summed E-state index contributed by atoms with van der Waals surface area (Å²) < 4.78 is 0. The van der Waals surface area contributed by atoms with E-state index in [1.165, 1.54) is 0 Å². The molecule has 2 aromatic carbocycles. The van der Waals surface area contributed by atoms with Crippen molar-refractivity contribution < 1.29 is 19.2 Å². The zero-order chi connectivity index (χ0) is 41.6. The van der Waals surface area contributed by atoms with Crippen molar-refractivity contribution in [3.63, 3.8) is 0 Å². The smallest absolute Gasteiger partial charge is 0.318 e. The van der Waals surface area contributed by atoms with Gasteiger partial charge in [0.05, 0.1) is 17.1 Å². The van der Waals surface area contributed by atoms with Crippen molar-refractivity contribution in [1.82, 2.24) is 40.5 Å². The molecule has 0 radical (unpaired) electrons. The number of H-pyrrole nitrogens is 1. The normalized spacial score (nSPS) is 18.7. The molecule has 2 aromatic heterocycles. The number of aryl methyl sites for hydroxylation is 1. The summed E-state index contributed by atoms with van der Waals surface area (Å²) in [5.74, 6) is -0.423. The molecule has 3 saturated heterocycles. The number of carbonyl (C=O) groups is 4. The first-order chi connectivity index (χ1) is 29.2. The second-order valence-corrected chi connectivity index (χ2v) is 16.7. The first-order valence-electron chi connectivity index (χ1n) is 21.6. The number of piperazine rings is 1. The van der Waals surface area contributed by atoms with Gasteiger partial charge in [0.1, 0.15) is 12.1 Å². The number of piperidine rings is 2. The number of carbonyl (C=O) groups excluding carboxylic acids is 4. The van der Waals surface area contributed by atoms with Crippen LogP contribution in [0.5, 0.6) is 0 Å². The Labute approximate surface area is 350 Å². The summed E-state index contributed by atoms with van der Waals surface area (Å²) in [5, 5.41) is 16.0. The number of pyridine rings is 1. The van der Waals surface area contributed by atoms with Gasteiger partial charge in [-0.05, 0) is 112 Å². The Morgan fingerprint density at radius 2 is 1.63 bits per heavy atom. The highest BCUT2D eigenvalue weighted by molar-refractivity contribution is 6.04. The lowest BCUT2D eigenvalue weighted by Gasteiger charge is -2.39. The number of anilines is 1. The monoisotopic (exact) mass is 812 g/mol. The van der Waals surface area contributed by atoms with Crippen LogP contribution < -0.4 is 26.1 Å². The van der Waals surface area contributed by atoms with Crippen molar-refractivity contribution in [3.05, 3.63) is 100.0 Å². The maximum absolute atomic E-state index is 14.7. The number of likely N-dealkylation sites (tertiary alicyclic amines) is 2. The standard InChI is InChI=1S/C46H56N10O4/c1-3-16-53-17-10-32(11-18-53)27-41(45(59)55-23-21-54(22-24-55)37-8-14-47-15-9-37)50-44(58)40(28-33-25-31(2)42-36(26-33)30-48-52-42)51-46(60)56-19-12-34(13-20-56)38-29-35-6-4-5-7-39(35)49-43(38)57/h4-9,14-15,25-26,29-30,32,40-41H,3,10-13,16-24,27-28H2,1-2H3,(H,48,52)(H,50,58)(H,51,60)/t40-,41+/m1/s1. The topological polar surface area (TPSA) is 159 Å². The van der Waals surface area contributed by atoms with E-state index in [9.17, 15) is 19.2 Å². The first kappa shape index (κ1) is 40.9. The van der Waals surface area contributed by atoms with Gasteiger partial charge >= 0.3 is 6.03 Å². The number of fused-ring (bicyclic) bond motifs is 2. The van der Waals surface area contributed by atoms with E-state index in [0.717, 1.165) is 77.4 Å². The van der Waals surface area contributed by atoms with Crippen molar-refractivity contribution in [1.29, 1.82) is 0 Å². The Hall–Kier alpha value is -5.89. The van der Waals surface area contributed by atoms with E-state index in [-0.39, 0.29) is 36.1 Å². The molecule has 3 N–H and O–H groups in total. The molecule has 0 unspecified atom stereocenters. The van der Waals surface area contributed by atoms with E-state index < -0.39 is 12.1 Å². The molecule has 14 heteroatoms. The van der Waals surface area contributed by atoms with Crippen LogP contribution in [-0.2, 0) is 20.8 Å². The molecule has 3 fully saturated rings. The maximum atomic E-state index is 14.7.